The highest BCUT2D eigenvalue weighted by atomic mass is 16.5. The van der Waals surface area contributed by atoms with E-state index in [4.69, 9.17) is 15.2 Å². The molecule has 2 aliphatic rings. The van der Waals surface area contributed by atoms with Crippen molar-refractivity contribution in [1.29, 1.82) is 0 Å². The Balaban J connectivity index is 1.99. The zero-order valence-corrected chi connectivity index (χ0v) is 13.9. The first kappa shape index (κ1) is 18.2. The fraction of sp³-hybridized carbons (Fsp3) is 0.588. The molecule has 1 aliphatic carbocycles. The van der Waals surface area contributed by atoms with Crippen molar-refractivity contribution in [3.8, 4) is 0 Å². The van der Waals surface area contributed by atoms with Gasteiger partial charge in [-0.3, -0.25) is 9.59 Å². The maximum absolute atomic E-state index is 12.0. The summed E-state index contributed by atoms with van der Waals surface area (Å²) in [5, 5.41) is 10.4. The second kappa shape index (κ2) is 7.17. The topological polar surface area (TPSA) is 116 Å². The van der Waals surface area contributed by atoms with Gasteiger partial charge < -0.3 is 20.3 Å². The number of cyclic esters (lactones) is 1. The van der Waals surface area contributed by atoms with E-state index in [2.05, 4.69) is 0 Å². The molecule has 132 valence electrons. The van der Waals surface area contributed by atoms with Crippen LogP contribution in [0.25, 0.3) is 0 Å². The average molecular weight is 337 g/mol. The van der Waals surface area contributed by atoms with Crippen LogP contribution in [0.5, 0.6) is 0 Å². The number of allylic oxidation sites excluding steroid dienone is 1. The normalized spacial score (nSPS) is 29.8. The molecule has 0 radical (unpaired) electrons. The molecule has 1 fully saturated rings. The number of carbonyl (C=O) groups is 3. The molecule has 3 N–H and O–H groups in total. The van der Waals surface area contributed by atoms with Crippen molar-refractivity contribution in [1.82, 2.24) is 0 Å². The summed E-state index contributed by atoms with van der Waals surface area (Å²) in [5.74, 6) is -1.55. The molecule has 0 unspecified atom stereocenters. The van der Waals surface area contributed by atoms with Crippen LogP contribution in [-0.4, -0.2) is 35.2 Å². The minimum atomic E-state index is -1.04. The molecule has 1 amide bonds. The lowest BCUT2D eigenvalue weighted by Gasteiger charge is -2.35. The van der Waals surface area contributed by atoms with Crippen molar-refractivity contribution in [3.63, 3.8) is 0 Å². The van der Waals surface area contributed by atoms with Gasteiger partial charge in [-0.2, -0.15) is 0 Å². The quantitative estimate of drug-likeness (QED) is 0.722. The number of primary amides is 1. The molecule has 1 atom stereocenters. The van der Waals surface area contributed by atoms with E-state index in [9.17, 15) is 19.5 Å². The minimum absolute atomic E-state index is 0.0233. The number of amides is 1. The number of hydrogen-bond donors (Lipinski definition) is 2. The summed E-state index contributed by atoms with van der Waals surface area (Å²) >= 11 is 0. The van der Waals surface area contributed by atoms with Crippen molar-refractivity contribution < 1.29 is 29.0 Å². The van der Waals surface area contributed by atoms with Gasteiger partial charge in [0.2, 0.25) is 5.91 Å². The molecule has 0 saturated heterocycles. The number of nitrogens with two attached hydrogens (primary N) is 1. The Hall–Kier alpha value is -2.15. The molecule has 1 aliphatic heterocycles. The van der Waals surface area contributed by atoms with Gasteiger partial charge >= 0.3 is 11.9 Å². The lowest BCUT2D eigenvalue weighted by atomic mass is 9.76. The molecule has 0 aromatic carbocycles. The van der Waals surface area contributed by atoms with Gasteiger partial charge in [0.1, 0.15) is 12.4 Å². The predicted octanol–water partition coefficient (Wildman–Crippen LogP) is 0.959. The average Bonchev–Trinajstić information content (AvgIpc) is 2.86. The van der Waals surface area contributed by atoms with Crippen LogP contribution in [0.1, 0.15) is 39.5 Å². The van der Waals surface area contributed by atoms with Crippen LogP contribution in [0.2, 0.25) is 0 Å². The maximum Gasteiger partial charge on any atom is 0.339 e. The first-order chi connectivity index (χ1) is 11.2. The van der Waals surface area contributed by atoms with E-state index in [1.165, 1.54) is 13.0 Å². The van der Waals surface area contributed by atoms with Crippen LogP contribution in [0.3, 0.4) is 0 Å². The van der Waals surface area contributed by atoms with Crippen molar-refractivity contribution in [3.05, 3.63) is 23.5 Å². The fourth-order valence-corrected chi connectivity index (χ4v) is 2.95. The van der Waals surface area contributed by atoms with Crippen molar-refractivity contribution in [2.45, 2.75) is 45.1 Å². The van der Waals surface area contributed by atoms with E-state index < -0.39 is 29.4 Å². The van der Waals surface area contributed by atoms with Crippen LogP contribution in [-0.2, 0) is 23.9 Å². The second-order valence-electron chi connectivity index (χ2n) is 6.53. The Morgan fingerprint density at radius 3 is 2.67 bits per heavy atom. The SMILES string of the molecule is CC(=O)OCC1(O)CCC(C2=C/C(=C/[C@H](C)C(N)=O)OC2=O)CC1. The molecule has 7 nitrogen and oxygen atoms in total. The van der Waals surface area contributed by atoms with Gasteiger partial charge in [-0.15, -0.1) is 0 Å². The van der Waals surface area contributed by atoms with Crippen LogP contribution in [0.4, 0.5) is 0 Å². The number of hydrogen-bond acceptors (Lipinski definition) is 6. The highest BCUT2D eigenvalue weighted by Crippen LogP contribution is 2.38. The first-order valence-corrected chi connectivity index (χ1v) is 8.01. The summed E-state index contributed by atoms with van der Waals surface area (Å²) in [4.78, 5) is 34.0. The van der Waals surface area contributed by atoms with E-state index >= 15 is 0 Å². The van der Waals surface area contributed by atoms with E-state index in [0.717, 1.165) is 0 Å². The van der Waals surface area contributed by atoms with E-state index in [1.54, 1.807) is 13.0 Å². The van der Waals surface area contributed by atoms with Gasteiger partial charge in [0.25, 0.3) is 0 Å². The van der Waals surface area contributed by atoms with E-state index in [0.29, 0.717) is 37.0 Å². The van der Waals surface area contributed by atoms with Gasteiger partial charge in [0.15, 0.2) is 0 Å². The number of carbonyl (C=O) groups excluding carboxylic acids is 3. The van der Waals surface area contributed by atoms with Gasteiger partial charge in [-0.25, -0.2) is 4.79 Å². The molecule has 0 aromatic rings. The van der Waals surface area contributed by atoms with Crippen molar-refractivity contribution in [2.24, 2.45) is 17.6 Å². The smallest absolute Gasteiger partial charge is 0.339 e. The molecule has 2 rings (SSSR count). The maximum atomic E-state index is 12.0. The third kappa shape index (κ3) is 4.44. The summed E-state index contributed by atoms with van der Waals surface area (Å²) in [6.07, 6.45) is 5.23. The largest absolute Gasteiger partial charge is 0.463 e. The second-order valence-corrected chi connectivity index (χ2v) is 6.53. The Morgan fingerprint density at radius 2 is 2.12 bits per heavy atom. The zero-order chi connectivity index (χ0) is 17.9. The summed E-state index contributed by atoms with van der Waals surface area (Å²) in [5.41, 5.74) is 4.71. The Morgan fingerprint density at radius 1 is 1.50 bits per heavy atom. The fourth-order valence-electron chi connectivity index (χ4n) is 2.95. The third-order valence-corrected chi connectivity index (χ3v) is 4.51. The molecule has 7 heteroatoms. The van der Waals surface area contributed by atoms with Crippen molar-refractivity contribution >= 4 is 17.8 Å². The summed E-state index contributed by atoms with van der Waals surface area (Å²) in [6.45, 7) is 2.90. The summed E-state index contributed by atoms with van der Waals surface area (Å²) < 4.78 is 10.1. The standard InChI is InChI=1S/C17H23NO6/c1-10(15(18)20)7-13-8-14(16(21)24-13)12-3-5-17(22,6-4-12)9-23-11(2)19/h7-8,10,12,22H,3-6,9H2,1-2H3,(H2,18,20)/b13-7-/t10-,12?,17?/m0/s1. The minimum Gasteiger partial charge on any atom is -0.463 e. The molecule has 24 heavy (non-hydrogen) atoms. The Labute approximate surface area is 140 Å². The Bertz CT molecular complexity index is 598. The highest BCUT2D eigenvalue weighted by molar-refractivity contribution is 5.93. The highest BCUT2D eigenvalue weighted by Gasteiger charge is 2.38. The van der Waals surface area contributed by atoms with Gasteiger partial charge in [-0.1, -0.05) is 0 Å². The lowest BCUT2D eigenvalue weighted by Crippen LogP contribution is -2.39. The van der Waals surface area contributed by atoms with Crippen LogP contribution >= 0.6 is 0 Å². The molecular formula is C17H23NO6. The lowest BCUT2D eigenvalue weighted by molar-refractivity contribution is -0.151. The monoisotopic (exact) mass is 337 g/mol. The molecule has 0 bridgehead atoms. The third-order valence-electron chi connectivity index (χ3n) is 4.51. The predicted molar refractivity (Wildman–Crippen MR) is 84.2 cm³/mol. The number of rotatable bonds is 5. The van der Waals surface area contributed by atoms with Crippen LogP contribution < -0.4 is 5.73 Å². The van der Waals surface area contributed by atoms with Crippen LogP contribution in [0.15, 0.2) is 23.5 Å². The molecule has 0 spiro atoms. The zero-order valence-electron chi connectivity index (χ0n) is 13.9. The van der Waals surface area contributed by atoms with Gasteiger partial charge in [-0.05, 0) is 50.7 Å². The van der Waals surface area contributed by atoms with Crippen molar-refractivity contribution in [2.75, 3.05) is 6.61 Å². The first-order valence-electron chi connectivity index (χ1n) is 8.01. The number of esters is 2. The molecule has 0 aromatic heterocycles. The number of aliphatic hydroxyl groups is 1. The number of ether oxygens (including phenoxy) is 2. The molecule has 1 heterocycles. The summed E-state index contributed by atoms with van der Waals surface area (Å²) in [7, 11) is 0. The van der Waals surface area contributed by atoms with E-state index in [-0.39, 0.29) is 12.5 Å². The van der Waals surface area contributed by atoms with Crippen LogP contribution in [0, 0.1) is 11.8 Å². The molecular weight excluding hydrogens is 314 g/mol. The van der Waals surface area contributed by atoms with Gasteiger partial charge in [0, 0.05) is 12.5 Å². The van der Waals surface area contributed by atoms with E-state index in [1.807, 2.05) is 0 Å². The Kier molecular flexibility index (Phi) is 5.43. The summed E-state index contributed by atoms with van der Waals surface area (Å²) in [6, 6.07) is 0. The molecule has 1 saturated carbocycles. The van der Waals surface area contributed by atoms with Gasteiger partial charge in [0.05, 0.1) is 11.5 Å².